The van der Waals surface area contributed by atoms with Crippen LogP contribution in [0.25, 0.3) is 0 Å². The van der Waals surface area contributed by atoms with Gasteiger partial charge in [0.1, 0.15) is 0 Å². The van der Waals surface area contributed by atoms with Crippen LogP contribution in [0.15, 0.2) is 0 Å². The van der Waals surface area contributed by atoms with Gasteiger partial charge in [-0.2, -0.15) is 0 Å². The summed E-state index contributed by atoms with van der Waals surface area (Å²) in [5, 5.41) is 9.99. The minimum absolute atomic E-state index is 0.105. The summed E-state index contributed by atoms with van der Waals surface area (Å²) in [6.45, 7) is 12.5. The molecule has 0 aliphatic carbocycles. The Bertz CT molecular complexity index is 217. The Morgan fingerprint density at radius 3 is 2.22 bits per heavy atom. The molecule has 0 aromatic carbocycles. The maximum absolute atomic E-state index is 9.99. The SMILES string of the molecule is CN1CCN(CC[C@@H](O)CCCC(C)(C)C)CC1. The highest BCUT2D eigenvalue weighted by Gasteiger charge is 2.15. The van der Waals surface area contributed by atoms with Gasteiger partial charge in [-0.05, 0) is 31.7 Å². The van der Waals surface area contributed by atoms with Crippen molar-refractivity contribution in [2.24, 2.45) is 5.41 Å². The van der Waals surface area contributed by atoms with Gasteiger partial charge in [0.2, 0.25) is 0 Å². The van der Waals surface area contributed by atoms with E-state index in [9.17, 15) is 5.11 Å². The topological polar surface area (TPSA) is 26.7 Å². The lowest BCUT2D eigenvalue weighted by Crippen LogP contribution is -2.45. The first kappa shape index (κ1) is 15.9. The van der Waals surface area contributed by atoms with Crippen LogP contribution in [0, 0.1) is 5.41 Å². The highest BCUT2D eigenvalue weighted by atomic mass is 16.3. The van der Waals surface area contributed by atoms with E-state index in [1.807, 2.05) is 0 Å². The molecule has 0 unspecified atom stereocenters. The van der Waals surface area contributed by atoms with E-state index in [-0.39, 0.29) is 6.10 Å². The van der Waals surface area contributed by atoms with Gasteiger partial charge < -0.3 is 14.9 Å². The van der Waals surface area contributed by atoms with Crippen LogP contribution in [-0.2, 0) is 0 Å². The third-order valence-electron chi connectivity index (χ3n) is 3.84. The van der Waals surface area contributed by atoms with E-state index < -0.39 is 0 Å². The Morgan fingerprint density at radius 2 is 1.67 bits per heavy atom. The first-order valence-corrected chi connectivity index (χ1v) is 7.46. The van der Waals surface area contributed by atoms with Crippen molar-refractivity contribution in [1.29, 1.82) is 0 Å². The quantitative estimate of drug-likeness (QED) is 0.789. The standard InChI is InChI=1S/C15H32N2O/c1-15(2,3)8-5-6-14(18)7-9-17-12-10-16(4)11-13-17/h14,18H,5-13H2,1-4H3/t14-/m0/s1. The number of likely N-dealkylation sites (N-methyl/N-ethyl adjacent to an activating group) is 1. The lowest BCUT2D eigenvalue weighted by Gasteiger charge is -2.32. The maximum atomic E-state index is 9.99. The van der Waals surface area contributed by atoms with Gasteiger partial charge in [-0.25, -0.2) is 0 Å². The van der Waals surface area contributed by atoms with Crippen LogP contribution in [0.5, 0.6) is 0 Å². The van der Waals surface area contributed by atoms with Crippen LogP contribution >= 0.6 is 0 Å². The minimum atomic E-state index is -0.105. The molecule has 1 saturated heterocycles. The molecule has 1 fully saturated rings. The van der Waals surface area contributed by atoms with Crippen LogP contribution in [0.1, 0.15) is 46.5 Å². The summed E-state index contributed by atoms with van der Waals surface area (Å²) in [5.41, 5.74) is 0.400. The van der Waals surface area contributed by atoms with Crippen molar-refractivity contribution in [3.63, 3.8) is 0 Å². The van der Waals surface area contributed by atoms with E-state index in [1.54, 1.807) is 0 Å². The number of nitrogens with zero attached hydrogens (tertiary/aromatic N) is 2. The number of piperazine rings is 1. The molecule has 0 spiro atoms. The monoisotopic (exact) mass is 256 g/mol. The number of hydrogen-bond donors (Lipinski definition) is 1. The van der Waals surface area contributed by atoms with E-state index in [4.69, 9.17) is 0 Å². The second-order valence-corrected chi connectivity index (χ2v) is 7.04. The molecule has 1 atom stereocenters. The number of aliphatic hydroxyl groups excluding tert-OH is 1. The Hall–Kier alpha value is -0.120. The predicted molar refractivity (Wildman–Crippen MR) is 77.9 cm³/mol. The summed E-state index contributed by atoms with van der Waals surface area (Å²) in [5.74, 6) is 0. The molecule has 0 bridgehead atoms. The van der Waals surface area contributed by atoms with Crippen molar-refractivity contribution in [2.75, 3.05) is 39.8 Å². The number of rotatable bonds is 6. The van der Waals surface area contributed by atoms with E-state index >= 15 is 0 Å². The third kappa shape index (κ3) is 7.34. The first-order chi connectivity index (χ1) is 8.37. The molecule has 3 nitrogen and oxygen atoms in total. The summed E-state index contributed by atoms with van der Waals surface area (Å²) in [4.78, 5) is 4.85. The summed E-state index contributed by atoms with van der Waals surface area (Å²) in [6.07, 6.45) is 4.15. The maximum Gasteiger partial charge on any atom is 0.0552 e. The molecule has 108 valence electrons. The zero-order chi connectivity index (χ0) is 13.6. The zero-order valence-electron chi connectivity index (χ0n) is 12.8. The van der Waals surface area contributed by atoms with Crippen molar-refractivity contribution in [3.05, 3.63) is 0 Å². The molecule has 1 aliphatic heterocycles. The largest absolute Gasteiger partial charge is 0.393 e. The number of aliphatic hydroxyl groups is 1. The van der Waals surface area contributed by atoms with Gasteiger partial charge in [0.15, 0.2) is 0 Å². The summed E-state index contributed by atoms with van der Waals surface area (Å²) >= 11 is 0. The molecule has 0 amide bonds. The van der Waals surface area contributed by atoms with Crippen LogP contribution < -0.4 is 0 Å². The van der Waals surface area contributed by atoms with Crippen LogP contribution in [-0.4, -0.2) is 60.8 Å². The summed E-state index contributed by atoms with van der Waals surface area (Å²) in [6, 6.07) is 0. The molecule has 1 aliphatic rings. The average molecular weight is 256 g/mol. The second kappa shape index (κ2) is 7.46. The molecular weight excluding hydrogens is 224 g/mol. The first-order valence-electron chi connectivity index (χ1n) is 7.46. The van der Waals surface area contributed by atoms with E-state index in [1.165, 1.54) is 19.5 Å². The van der Waals surface area contributed by atoms with Gasteiger partial charge in [-0.15, -0.1) is 0 Å². The summed E-state index contributed by atoms with van der Waals surface area (Å²) in [7, 11) is 2.18. The van der Waals surface area contributed by atoms with Gasteiger partial charge in [0.25, 0.3) is 0 Å². The Labute approximate surface area is 113 Å². The van der Waals surface area contributed by atoms with Gasteiger partial charge in [0, 0.05) is 32.7 Å². The van der Waals surface area contributed by atoms with Crippen LogP contribution in [0.2, 0.25) is 0 Å². The molecular formula is C15H32N2O. The normalized spacial score (nSPS) is 21.2. The third-order valence-corrected chi connectivity index (χ3v) is 3.84. The van der Waals surface area contributed by atoms with Crippen molar-refractivity contribution >= 4 is 0 Å². The van der Waals surface area contributed by atoms with Gasteiger partial charge in [-0.3, -0.25) is 0 Å². The Balaban J connectivity index is 2.04. The van der Waals surface area contributed by atoms with Crippen molar-refractivity contribution in [3.8, 4) is 0 Å². The molecule has 18 heavy (non-hydrogen) atoms. The Morgan fingerprint density at radius 1 is 1.06 bits per heavy atom. The van der Waals surface area contributed by atoms with Crippen LogP contribution in [0.3, 0.4) is 0 Å². The molecule has 0 radical (unpaired) electrons. The van der Waals surface area contributed by atoms with Gasteiger partial charge in [0.05, 0.1) is 6.10 Å². The highest BCUT2D eigenvalue weighted by molar-refractivity contribution is 4.71. The lowest BCUT2D eigenvalue weighted by molar-refractivity contribution is 0.104. The molecule has 1 heterocycles. The molecule has 0 aromatic heterocycles. The smallest absolute Gasteiger partial charge is 0.0552 e. The van der Waals surface area contributed by atoms with Gasteiger partial charge >= 0.3 is 0 Å². The van der Waals surface area contributed by atoms with E-state index in [0.717, 1.165) is 38.9 Å². The highest BCUT2D eigenvalue weighted by Crippen LogP contribution is 2.22. The van der Waals surface area contributed by atoms with E-state index in [0.29, 0.717) is 5.41 Å². The minimum Gasteiger partial charge on any atom is -0.393 e. The van der Waals surface area contributed by atoms with Crippen LogP contribution in [0.4, 0.5) is 0 Å². The van der Waals surface area contributed by atoms with Crippen molar-refractivity contribution in [1.82, 2.24) is 9.80 Å². The molecule has 1 N–H and O–H groups in total. The predicted octanol–water partition coefficient (Wildman–Crippen LogP) is 2.20. The fraction of sp³-hybridized carbons (Fsp3) is 1.00. The van der Waals surface area contributed by atoms with E-state index in [2.05, 4.69) is 37.6 Å². The Kier molecular flexibility index (Phi) is 6.61. The molecule has 0 saturated carbocycles. The molecule has 0 aromatic rings. The van der Waals surface area contributed by atoms with Crippen molar-refractivity contribution in [2.45, 2.75) is 52.6 Å². The molecule has 3 heteroatoms. The zero-order valence-corrected chi connectivity index (χ0v) is 12.8. The average Bonchev–Trinajstić information content (AvgIpc) is 2.26. The van der Waals surface area contributed by atoms with Gasteiger partial charge in [-0.1, -0.05) is 27.2 Å². The second-order valence-electron chi connectivity index (χ2n) is 7.04. The number of hydrogen-bond acceptors (Lipinski definition) is 3. The molecule has 1 rings (SSSR count). The fourth-order valence-corrected chi connectivity index (χ4v) is 2.42. The van der Waals surface area contributed by atoms with Crippen molar-refractivity contribution < 1.29 is 5.11 Å². The lowest BCUT2D eigenvalue weighted by atomic mass is 9.89. The fourth-order valence-electron chi connectivity index (χ4n) is 2.42. The summed E-state index contributed by atoms with van der Waals surface area (Å²) < 4.78 is 0.